The van der Waals surface area contributed by atoms with Crippen LogP contribution in [0.2, 0.25) is 0 Å². The zero-order valence-electron chi connectivity index (χ0n) is 13.0. The molecule has 9 nitrogen and oxygen atoms in total. The van der Waals surface area contributed by atoms with Crippen LogP contribution < -0.4 is 16.2 Å². The summed E-state index contributed by atoms with van der Waals surface area (Å²) in [6, 6.07) is -0.406. The van der Waals surface area contributed by atoms with Crippen molar-refractivity contribution in [1.29, 1.82) is 0 Å². The highest BCUT2D eigenvalue weighted by Crippen LogP contribution is 2.39. The fraction of sp³-hybridized carbons (Fsp3) is 0.769. The number of carboxylic acid groups (broad SMARTS) is 1. The van der Waals surface area contributed by atoms with Gasteiger partial charge in [-0.1, -0.05) is 0 Å². The van der Waals surface area contributed by atoms with Crippen LogP contribution in [0, 0.1) is 11.8 Å². The molecule has 0 bridgehead atoms. The lowest BCUT2D eigenvalue weighted by atomic mass is 10.0. The first-order valence-electron chi connectivity index (χ1n) is 7.57. The number of hydrogen-bond acceptors (Lipinski definition) is 5. The summed E-state index contributed by atoms with van der Waals surface area (Å²) in [7, 11) is 0. The average molecular weight is 369 g/mol. The SMILES string of the molecule is O=C(O)N[C@@H]1CC[C@@H](C(=O)NNC(=O)C2CC2COC(F)(F)F)OC1. The van der Waals surface area contributed by atoms with Crippen LogP contribution in [-0.2, 0) is 19.1 Å². The third-order valence-electron chi connectivity index (χ3n) is 3.93. The quantitative estimate of drug-likeness (QED) is 0.510. The van der Waals surface area contributed by atoms with Crippen LogP contribution in [0.15, 0.2) is 0 Å². The van der Waals surface area contributed by atoms with Gasteiger partial charge in [0.05, 0.1) is 19.3 Å². The molecular formula is C13H18F3N3O6. The molecule has 0 aromatic carbocycles. The normalized spacial score (nSPS) is 28.8. The molecule has 0 aromatic heterocycles. The van der Waals surface area contributed by atoms with Crippen molar-refractivity contribution in [3.8, 4) is 0 Å². The predicted octanol–water partition coefficient (Wildman–Crippen LogP) is 0.121. The standard InChI is InChI=1S/C13H18F3N3O6/c14-13(15,16)25-4-6-3-8(6)10(20)18-19-11(21)9-2-1-7(5-24-9)17-12(22)23/h6-9,17H,1-5H2,(H,18,20)(H,19,21)(H,22,23)/t6?,7-,8?,9+/m1/s1. The van der Waals surface area contributed by atoms with Crippen molar-refractivity contribution in [3.05, 3.63) is 0 Å². The number of hydrogen-bond donors (Lipinski definition) is 4. The number of carbonyl (C=O) groups excluding carboxylic acids is 2. The highest BCUT2D eigenvalue weighted by Gasteiger charge is 2.45. The molecule has 25 heavy (non-hydrogen) atoms. The summed E-state index contributed by atoms with van der Waals surface area (Å²) in [5.74, 6) is -2.37. The summed E-state index contributed by atoms with van der Waals surface area (Å²) in [5.41, 5.74) is 4.31. The first-order chi connectivity index (χ1) is 11.7. The van der Waals surface area contributed by atoms with Crippen molar-refractivity contribution in [3.63, 3.8) is 0 Å². The highest BCUT2D eigenvalue weighted by atomic mass is 19.4. The van der Waals surface area contributed by atoms with Gasteiger partial charge in [0.15, 0.2) is 0 Å². The number of ether oxygens (including phenoxy) is 2. The molecule has 0 aromatic rings. The minimum Gasteiger partial charge on any atom is -0.465 e. The first kappa shape index (κ1) is 19.2. The molecule has 1 aliphatic carbocycles. The van der Waals surface area contributed by atoms with Crippen LogP contribution in [-0.4, -0.2) is 54.7 Å². The summed E-state index contributed by atoms with van der Waals surface area (Å²) in [5, 5.41) is 10.8. The molecule has 1 aliphatic heterocycles. The average Bonchev–Trinajstić information content (AvgIpc) is 3.29. The van der Waals surface area contributed by atoms with Crippen LogP contribution >= 0.6 is 0 Å². The number of halogens is 3. The maximum Gasteiger partial charge on any atom is 0.522 e. The van der Waals surface area contributed by atoms with Gasteiger partial charge in [0, 0.05) is 5.92 Å². The molecule has 4 atom stereocenters. The Kier molecular flexibility index (Phi) is 6.06. The Morgan fingerprint density at radius 2 is 1.84 bits per heavy atom. The summed E-state index contributed by atoms with van der Waals surface area (Å²) in [6.45, 7) is -0.572. The topological polar surface area (TPSA) is 126 Å². The smallest absolute Gasteiger partial charge is 0.465 e. The van der Waals surface area contributed by atoms with E-state index >= 15 is 0 Å². The molecule has 1 heterocycles. The number of hydrazine groups is 1. The van der Waals surface area contributed by atoms with E-state index < -0.39 is 54.9 Å². The van der Waals surface area contributed by atoms with Crippen molar-refractivity contribution in [2.45, 2.75) is 37.8 Å². The maximum atomic E-state index is 11.9. The van der Waals surface area contributed by atoms with Gasteiger partial charge >= 0.3 is 12.5 Å². The largest absolute Gasteiger partial charge is 0.522 e. The van der Waals surface area contributed by atoms with E-state index in [4.69, 9.17) is 9.84 Å². The second-order valence-electron chi connectivity index (χ2n) is 5.88. The van der Waals surface area contributed by atoms with Crippen molar-refractivity contribution >= 4 is 17.9 Å². The van der Waals surface area contributed by atoms with Gasteiger partial charge in [-0.3, -0.25) is 25.2 Å². The number of rotatable bonds is 5. The van der Waals surface area contributed by atoms with Gasteiger partial charge in [0.2, 0.25) is 5.91 Å². The number of nitrogens with one attached hydrogen (secondary N) is 3. The minimum atomic E-state index is -4.73. The van der Waals surface area contributed by atoms with Crippen molar-refractivity contribution in [2.24, 2.45) is 11.8 Å². The van der Waals surface area contributed by atoms with Crippen molar-refractivity contribution in [1.82, 2.24) is 16.2 Å². The zero-order valence-corrected chi connectivity index (χ0v) is 13.0. The van der Waals surface area contributed by atoms with Gasteiger partial charge in [-0.2, -0.15) is 0 Å². The molecule has 1 saturated carbocycles. The Morgan fingerprint density at radius 1 is 1.16 bits per heavy atom. The fourth-order valence-electron chi connectivity index (χ4n) is 2.50. The summed E-state index contributed by atoms with van der Waals surface area (Å²) >= 11 is 0. The van der Waals surface area contributed by atoms with E-state index in [2.05, 4.69) is 20.9 Å². The molecule has 2 fully saturated rings. The molecule has 4 N–H and O–H groups in total. The second kappa shape index (κ2) is 7.87. The molecule has 2 aliphatic rings. The predicted molar refractivity (Wildman–Crippen MR) is 73.8 cm³/mol. The molecule has 142 valence electrons. The molecule has 0 radical (unpaired) electrons. The molecule has 2 rings (SSSR count). The third kappa shape index (κ3) is 6.38. The van der Waals surface area contributed by atoms with Crippen LogP contribution in [0.1, 0.15) is 19.3 Å². The summed E-state index contributed by atoms with van der Waals surface area (Å²) in [4.78, 5) is 34.1. The minimum absolute atomic E-state index is 0.0256. The van der Waals surface area contributed by atoms with Crippen LogP contribution in [0.5, 0.6) is 0 Å². The van der Waals surface area contributed by atoms with Gasteiger partial charge in [-0.05, 0) is 25.2 Å². The lowest BCUT2D eigenvalue weighted by molar-refractivity contribution is -0.326. The van der Waals surface area contributed by atoms with Gasteiger partial charge in [0.25, 0.3) is 5.91 Å². The molecule has 12 heteroatoms. The summed E-state index contributed by atoms with van der Waals surface area (Å²) in [6.07, 6.45) is -5.84. The van der Waals surface area contributed by atoms with E-state index in [1.54, 1.807) is 0 Å². The van der Waals surface area contributed by atoms with Crippen LogP contribution in [0.4, 0.5) is 18.0 Å². The Hall–Kier alpha value is -2.08. The molecule has 2 unspecified atom stereocenters. The Morgan fingerprint density at radius 3 is 2.40 bits per heavy atom. The lowest BCUT2D eigenvalue weighted by Crippen LogP contribution is -2.51. The Bertz CT molecular complexity index is 522. The Balaban J connectivity index is 1.63. The molecular weight excluding hydrogens is 351 g/mol. The third-order valence-corrected chi connectivity index (χ3v) is 3.93. The fourth-order valence-corrected chi connectivity index (χ4v) is 2.50. The molecule has 3 amide bonds. The van der Waals surface area contributed by atoms with Crippen molar-refractivity contribution < 1.29 is 42.1 Å². The van der Waals surface area contributed by atoms with Gasteiger partial charge in [-0.25, -0.2) is 4.79 Å². The van der Waals surface area contributed by atoms with Gasteiger partial charge < -0.3 is 15.2 Å². The van der Waals surface area contributed by atoms with E-state index in [0.717, 1.165) is 0 Å². The van der Waals surface area contributed by atoms with E-state index in [1.807, 2.05) is 0 Å². The molecule has 0 spiro atoms. The number of amides is 3. The second-order valence-corrected chi connectivity index (χ2v) is 5.88. The van der Waals surface area contributed by atoms with E-state index in [1.165, 1.54) is 0 Å². The van der Waals surface area contributed by atoms with Crippen LogP contribution in [0.25, 0.3) is 0 Å². The van der Waals surface area contributed by atoms with Crippen LogP contribution in [0.3, 0.4) is 0 Å². The van der Waals surface area contributed by atoms with Gasteiger partial charge in [-0.15, -0.1) is 13.2 Å². The highest BCUT2D eigenvalue weighted by molar-refractivity contribution is 5.86. The molecule has 1 saturated heterocycles. The monoisotopic (exact) mass is 369 g/mol. The Labute approximate surface area is 140 Å². The van der Waals surface area contributed by atoms with E-state index in [9.17, 15) is 27.6 Å². The zero-order chi connectivity index (χ0) is 18.6. The summed E-state index contributed by atoms with van der Waals surface area (Å²) < 4.78 is 44.6. The number of carbonyl (C=O) groups is 3. The lowest BCUT2D eigenvalue weighted by Gasteiger charge is -2.28. The maximum absolute atomic E-state index is 11.9. The van der Waals surface area contributed by atoms with E-state index in [-0.39, 0.29) is 19.4 Å². The van der Waals surface area contributed by atoms with Gasteiger partial charge in [0.1, 0.15) is 6.10 Å². The first-order valence-corrected chi connectivity index (χ1v) is 7.57. The van der Waals surface area contributed by atoms with E-state index in [0.29, 0.717) is 6.42 Å². The number of alkyl halides is 3. The van der Waals surface area contributed by atoms with Crippen molar-refractivity contribution in [2.75, 3.05) is 13.2 Å².